The van der Waals surface area contributed by atoms with Crippen molar-refractivity contribution < 1.29 is 18.4 Å². The lowest BCUT2D eigenvalue weighted by Crippen LogP contribution is -2.34. The van der Waals surface area contributed by atoms with Crippen LogP contribution in [0.1, 0.15) is 61.9 Å². The van der Waals surface area contributed by atoms with Gasteiger partial charge in [-0.15, -0.1) is 0 Å². The molecule has 7 nitrogen and oxygen atoms in total. The van der Waals surface area contributed by atoms with Crippen LogP contribution in [0.3, 0.4) is 0 Å². The molecule has 9 heteroatoms. The summed E-state index contributed by atoms with van der Waals surface area (Å²) in [6.07, 6.45) is 1.51. The highest BCUT2D eigenvalue weighted by Gasteiger charge is 2.33. The number of piperidine rings is 1. The lowest BCUT2D eigenvalue weighted by Gasteiger charge is -2.31. The fraction of sp³-hybridized carbons (Fsp3) is 0.343. The van der Waals surface area contributed by atoms with Crippen LogP contribution in [-0.2, 0) is 16.6 Å². The third-order valence-corrected chi connectivity index (χ3v) is 8.11. The highest BCUT2D eigenvalue weighted by atomic mass is 19.2. The van der Waals surface area contributed by atoms with Crippen LogP contribution in [0.25, 0.3) is 5.69 Å². The molecule has 3 N–H and O–H groups in total. The van der Waals surface area contributed by atoms with Gasteiger partial charge in [-0.1, -0.05) is 62.7 Å². The van der Waals surface area contributed by atoms with E-state index in [4.69, 9.17) is 5.10 Å². The summed E-state index contributed by atoms with van der Waals surface area (Å²) in [6.45, 7) is 9.74. The van der Waals surface area contributed by atoms with Gasteiger partial charge in [-0.05, 0) is 80.2 Å². The van der Waals surface area contributed by atoms with Crippen LogP contribution in [0.5, 0.6) is 0 Å². The summed E-state index contributed by atoms with van der Waals surface area (Å²) in [7, 11) is 0. The van der Waals surface area contributed by atoms with Gasteiger partial charge in [0.25, 0.3) is 0 Å². The van der Waals surface area contributed by atoms with Crippen molar-refractivity contribution in [2.75, 3.05) is 23.7 Å². The molecule has 0 bridgehead atoms. The molecule has 3 aromatic carbocycles. The number of carbonyl (C=O) groups excluding carboxylic acids is 2. The van der Waals surface area contributed by atoms with Gasteiger partial charge in [0.2, 0.25) is 0 Å². The number of aryl methyl sites for hydroxylation is 1. The molecule has 1 fully saturated rings. The van der Waals surface area contributed by atoms with E-state index >= 15 is 0 Å². The largest absolute Gasteiger partial charge is 0.324 e. The van der Waals surface area contributed by atoms with Crippen molar-refractivity contribution in [3.8, 4) is 5.69 Å². The summed E-state index contributed by atoms with van der Waals surface area (Å²) in [4.78, 5) is 27.4. The second-order valence-corrected chi connectivity index (χ2v) is 12.5. The van der Waals surface area contributed by atoms with E-state index < -0.39 is 23.6 Å². The number of ketones is 1. The number of halogens is 2. The molecule has 4 aromatic rings. The lowest BCUT2D eigenvalue weighted by molar-refractivity contribution is -0.121. The van der Waals surface area contributed by atoms with E-state index in [1.54, 1.807) is 10.7 Å². The highest BCUT2D eigenvalue weighted by molar-refractivity contribution is 6.01. The minimum atomic E-state index is -0.980. The number of amides is 2. The standard InChI is InChI=1S/C35H39F2N5O2/c1-22-9-12-25(13-10-22)42-32(21-31(41-42)35(2,3)4)40-34(44)39-29-8-6-5-7-26(29)33(24-15-17-38-18-16-24)30(43)20-23-11-14-27(36)28(37)19-23/h5-14,19,21,24,33,38H,15-18,20H2,1-4H3,(H2,39,40,44). The summed E-state index contributed by atoms with van der Waals surface area (Å²) in [5, 5.41) is 14.1. The molecule has 1 atom stereocenters. The molecular formula is C35H39F2N5O2. The Morgan fingerprint density at radius 2 is 1.66 bits per heavy atom. The number of anilines is 2. The fourth-order valence-electron chi connectivity index (χ4n) is 5.70. The SMILES string of the molecule is Cc1ccc(-n2nc(C(C)(C)C)cc2NC(=O)Nc2ccccc2C(C(=O)Cc2ccc(F)c(F)c2)C2CCNCC2)cc1. The molecule has 1 aromatic heterocycles. The topological polar surface area (TPSA) is 88.1 Å². The lowest BCUT2D eigenvalue weighted by atomic mass is 9.76. The number of benzene rings is 3. The Hall–Kier alpha value is -4.37. The van der Waals surface area contributed by atoms with E-state index in [1.165, 1.54) is 6.07 Å². The molecule has 0 radical (unpaired) electrons. The highest BCUT2D eigenvalue weighted by Crippen LogP contribution is 2.37. The second-order valence-electron chi connectivity index (χ2n) is 12.5. The molecule has 230 valence electrons. The quantitative estimate of drug-likeness (QED) is 0.198. The number of carbonyl (C=O) groups is 2. The molecule has 1 aliphatic rings. The van der Waals surface area contributed by atoms with Gasteiger partial charge in [-0.2, -0.15) is 5.10 Å². The second kappa shape index (κ2) is 13.1. The predicted octanol–water partition coefficient (Wildman–Crippen LogP) is 7.30. The van der Waals surface area contributed by atoms with Crippen molar-refractivity contribution >= 4 is 23.3 Å². The van der Waals surface area contributed by atoms with Crippen LogP contribution in [0.4, 0.5) is 25.1 Å². The molecule has 0 aliphatic carbocycles. The number of nitrogens with one attached hydrogen (secondary N) is 3. The van der Waals surface area contributed by atoms with Crippen LogP contribution in [0.15, 0.2) is 72.8 Å². The average Bonchev–Trinajstić information content (AvgIpc) is 3.41. The van der Waals surface area contributed by atoms with Crippen molar-refractivity contribution in [2.45, 2.75) is 58.3 Å². The van der Waals surface area contributed by atoms with Gasteiger partial charge in [0.05, 0.1) is 11.4 Å². The maximum Gasteiger partial charge on any atom is 0.324 e. The zero-order valence-corrected chi connectivity index (χ0v) is 25.6. The Bertz CT molecular complexity index is 1640. The predicted molar refractivity (Wildman–Crippen MR) is 169 cm³/mol. The Kier molecular flexibility index (Phi) is 9.25. The zero-order chi connectivity index (χ0) is 31.4. The number of rotatable bonds is 8. The van der Waals surface area contributed by atoms with Gasteiger partial charge in [0, 0.05) is 29.5 Å². The van der Waals surface area contributed by atoms with Gasteiger partial charge in [0.1, 0.15) is 11.6 Å². The number of nitrogens with zero attached hydrogens (tertiary/aromatic N) is 2. The van der Waals surface area contributed by atoms with Crippen molar-refractivity contribution in [3.05, 3.63) is 107 Å². The Morgan fingerprint density at radius 3 is 2.34 bits per heavy atom. The minimum Gasteiger partial charge on any atom is -0.317 e. The van der Waals surface area contributed by atoms with Gasteiger partial charge < -0.3 is 10.6 Å². The number of hydrogen-bond acceptors (Lipinski definition) is 4. The van der Waals surface area contributed by atoms with Crippen molar-refractivity contribution in [1.82, 2.24) is 15.1 Å². The molecule has 1 unspecified atom stereocenters. The molecular weight excluding hydrogens is 560 g/mol. The molecule has 2 heterocycles. The van der Waals surface area contributed by atoms with Gasteiger partial charge >= 0.3 is 6.03 Å². The number of hydrogen-bond donors (Lipinski definition) is 3. The monoisotopic (exact) mass is 599 g/mol. The molecule has 1 saturated heterocycles. The van der Waals surface area contributed by atoms with Crippen LogP contribution in [-0.4, -0.2) is 34.7 Å². The first-order valence-electron chi connectivity index (χ1n) is 15.0. The first kappa shape index (κ1) is 31.1. The maximum atomic E-state index is 14.0. The fourth-order valence-corrected chi connectivity index (χ4v) is 5.70. The molecule has 0 spiro atoms. The molecule has 2 amide bonds. The van der Waals surface area contributed by atoms with E-state index in [-0.39, 0.29) is 23.5 Å². The first-order valence-corrected chi connectivity index (χ1v) is 15.0. The number of Topliss-reactive ketones (excluding diaryl/α,β-unsaturated/α-hetero) is 1. The minimum absolute atomic E-state index is 0.0253. The summed E-state index contributed by atoms with van der Waals surface area (Å²) < 4.78 is 29.2. The van der Waals surface area contributed by atoms with E-state index in [0.29, 0.717) is 22.6 Å². The Labute approximate surface area is 257 Å². The van der Waals surface area contributed by atoms with E-state index in [0.717, 1.165) is 55.0 Å². The number of aromatic nitrogens is 2. The molecule has 5 rings (SSSR count). The maximum absolute atomic E-state index is 14.0. The van der Waals surface area contributed by atoms with Crippen molar-refractivity contribution in [3.63, 3.8) is 0 Å². The summed E-state index contributed by atoms with van der Waals surface area (Å²) in [6, 6.07) is 20.2. The summed E-state index contributed by atoms with van der Waals surface area (Å²) in [5.41, 5.74) is 4.14. The van der Waals surface area contributed by atoms with E-state index in [2.05, 4.69) is 36.7 Å². The van der Waals surface area contributed by atoms with Crippen LogP contribution >= 0.6 is 0 Å². The van der Waals surface area contributed by atoms with Crippen molar-refractivity contribution in [2.24, 2.45) is 5.92 Å². The van der Waals surface area contributed by atoms with Crippen LogP contribution in [0.2, 0.25) is 0 Å². The zero-order valence-electron chi connectivity index (χ0n) is 25.6. The third-order valence-electron chi connectivity index (χ3n) is 8.11. The Morgan fingerprint density at radius 1 is 0.955 bits per heavy atom. The van der Waals surface area contributed by atoms with E-state index in [9.17, 15) is 18.4 Å². The first-order chi connectivity index (χ1) is 21.0. The number of urea groups is 1. The number of para-hydroxylation sites is 1. The average molecular weight is 600 g/mol. The normalized spacial score (nSPS) is 14.7. The molecule has 1 aliphatic heterocycles. The summed E-state index contributed by atoms with van der Waals surface area (Å²) in [5.74, 6) is -2.03. The third kappa shape index (κ3) is 7.22. The smallest absolute Gasteiger partial charge is 0.317 e. The molecule has 44 heavy (non-hydrogen) atoms. The Balaban J connectivity index is 1.43. The van der Waals surface area contributed by atoms with Crippen molar-refractivity contribution in [1.29, 1.82) is 0 Å². The van der Waals surface area contributed by atoms with Crippen LogP contribution < -0.4 is 16.0 Å². The van der Waals surface area contributed by atoms with Gasteiger partial charge in [-0.25, -0.2) is 18.3 Å². The van der Waals surface area contributed by atoms with Crippen LogP contribution in [0, 0.1) is 24.5 Å². The van der Waals surface area contributed by atoms with Gasteiger partial charge in [-0.3, -0.25) is 10.1 Å². The summed E-state index contributed by atoms with van der Waals surface area (Å²) >= 11 is 0. The molecule has 0 saturated carbocycles. The van der Waals surface area contributed by atoms with E-state index in [1.807, 2.05) is 55.5 Å². The van der Waals surface area contributed by atoms with Gasteiger partial charge in [0.15, 0.2) is 11.6 Å².